The highest BCUT2D eigenvalue weighted by molar-refractivity contribution is 14.1. The maximum atomic E-state index is 4.66. The van der Waals surface area contributed by atoms with Crippen LogP contribution in [0, 0.1) is 3.70 Å². The second kappa shape index (κ2) is 8.16. The van der Waals surface area contributed by atoms with Crippen molar-refractivity contribution in [1.29, 1.82) is 0 Å². The molecule has 132 valence electrons. The molecule has 26 heavy (non-hydrogen) atoms. The van der Waals surface area contributed by atoms with Crippen LogP contribution in [0.25, 0.3) is 0 Å². The SMILES string of the molecule is CN1CCC[C@H]1c1cnc(I)cc1P(c1ccccc1)c1ccccc1. The number of halogens is 1. The van der Waals surface area contributed by atoms with Crippen LogP contribution >= 0.6 is 30.5 Å². The van der Waals surface area contributed by atoms with E-state index in [4.69, 9.17) is 0 Å². The predicted octanol–water partition coefficient (Wildman–Crippen LogP) is 4.21. The largest absolute Gasteiger partial charge is 0.299 e. The normalized spacial score (nSPS) is 17.7. The third kappa shape index (κ3) is 3.71. The number of rotatable bonds is 4. The molecule has 1 aliphatic heterocycles. The van der Waals surface area contributed by atoms with Crippen LogP contribution < -0.4 is 15.9 Å². The van der Waals surface area contributed by atoms with Gasteiger partial charge >= 0.3 is 0 Å². The summed E-state index contributed by atoms with van der Waals surface area (Å²) in [5.74, 6) is 0. The van der Waals surface area contributed by atoms with Gasteiger partial charge in [-0.3, -0.25) is 4.90 Å². The van der Waals surface area contributed by atoms with E-state index < -0.39 is 7.92 Å². The summed E-state index contributed by atoms with van der Waals surface area (Å²) in [4.78, 5) is 7.14. The van der Waals surface area contributed by atoms with Gasteiger partial charge in [-0.2, -0.15) is 0 Å². The Morgan fingerprint density at radius 2 is 1.62 bits per heavy atom. The summed E-state index contributed by atoms with van der Waals surface area (Å²) >= 11 is 2.35. The molecule has 2 heterocycles. The molecule has 0 aliphatic carbocycles. The average molecular weight is 472 g/mol. The number of hydrogen-bond donors (Lipinski definition) is 0. The molecule has 2 nitrogen and oxygen atoms in total. The minimum absolute atomic E-state index is 0.479. The maximum absolute atomic E-state index is 4.66. The standard InChI is InChI=1S/C22H22IN2P/c1-25-14-8-13-20(25)19-16-24-22(23)15-21(19)26(17-9-4-2-5-10-17)18-11-6-3-7-12-18/h2-7,9-12,15-16,20H,8,13-14H2,1H3/t20-/m0/s1. The third-order valence-corrected chi connectivity index (χ3v) is 8.12. The van der Waals surface area contributed by atoms with E-state index in [1.165, 1.54) is 40.9 Å². The summed E-state index contributed by atoms with van der Waals surface area (Å²) in [6, 6.07) is 24.7. The summed E-state index contributed by atoms with van der Waals surface area (Å²) in [6.07, 6.45) is 4.62. The molecule has 1 aliphatic rings. The minimum Gasteiger partial charge on any atom is -0.299 e. The quantitative estimate of drug-likeness (QED) is 0.322. The van der Waals surface area contributed by atoms with Gasteiger partial charge in [0.1, 0.15) is 3.70 Å². The van der Waals surface area contributed by atoms with Gasteiger partial charge in [-0.05, 0) is 84.5 Å². The van der Waals surface area contributed by atoms with E-state index in [0.29, 0.717) is 6.04 Å². The second-order valence-electron chi connectivity index (χ2n) is 6.71. The third-order valence-electron chi connectivity index (χ3n) is 5.03. The first kappa shape index (κ1) is 18.1. The molecule has 2 aromatic carbocycles. The van der Waals surface area contributed by atoms with E-state index in [1.807, 2.05) is 0 Å². The molecular formula is C22H22IN2P. The van der Waals surface area contributed by atoms with Gasteiger partial charge in [-0.1, -0.05) is 60.7 Å². The first-order valence-corrected chi connectivity index (χ1v) is 11.4. The summed E-state index contributed by atoms with van der Waals surface area (Å²) in [5, 5.41) is 4.26. The van der Waals surface area contributed by atoms with Crippen molar-refractivity contribution in [3.8, 4) is 0 Å². The lowest BCUT2D eigenvalue weighted by Crippen LogP contribution is -2.28. The Morgan fingerprint density at radius 3 is 2.15 bits per heavy atom. The Bertz CT molecular complexity index is 830. The van der Waals surface area contributed by atoms with E-state index >= 15 is 0 Å². The number of aromatic nitrogens is 1. The Hall–Kier alpha value is -1.29. The van der Waals surface area contributed by atoms with Crippen LogP contribution in [0.1, 0.15) is 24.4 Å². The van der Waals surface area contributed by atoms with E-state index in [0.717, 1.165) is 3.70 Å². The van der Waals surface area contributed by atoms with Crippen LogP contribution in [0.4, 0.5) is 0 Å². The highest BCUT2D eigenvalue weighted by atomic mass is 127. The highest BCUT2D eigenvalue weighted by Gasteiger charge is 2.29. The smallest absolute Gasteiger partial charge is 0.102 e. The van der Waals surface area contributed by atoms with Gasteiger partial charge in [0.05, 0.1) is 0 Å². The number of benzene rings is 2. The van der Waals surface area contributed by atoms with Crippen molar-refractivity contribution in [2.75, 3.05) is 13.6 Å². The molecule has 3 aromatic rings. The van der Waals surface area contributed by atoms with Crippen molar-refractivity contribution in [1.82, 2.24) is 9.88 Å². The lowest BCUT2D eigenvalue weighted by molar-refractivity contribution is 0.318. The fourth-order valence-corrected chi connectivity index (χ4v) is 6.97. The zero-order valence-corrected chi connectivity index (χ0v) is 17.9. The van der Waals surface area contributed by atoms with Crippen LogP contribution in [0.2, 0.25) is 0 Å². The van der Waals surface area contributed by atoms with Gasteiger partial charge in [0.25, 0.3) is 0 Å². The molecule has 0 saturated carbocycles. The Labute approximate surface area is 170 Å². The lowest BCUT2D eigenvalue weighted by Gasteiger charge is -2.27. The molecule has 1 aromatic heterocycles. The number of likely N-dealkylation sites (tertiary alicyclic amines) is 1. The fourth-order valence-electron chi connectivity index (χ4n) is 3.77. The van der Waals surface area contributed by atoms with Crippen LogP contribution in [-0.4, -0.2) is 23.5 Å². The van der Waals surface area contributed by atoms with Crippen molar-refractivity contribution >= 4 is 46.4 Å². The zero-order valence-electron chi connectivity index (χ0n) is 14.8. The minimum atomic E-state index is -0.590. The van der Waals surface area contributed by atoms with E-state index in [2.05, 4.69) is 112 Å². The zero-order chi connectivity index (χ0) is 17.9. The number of pyridine rings is 1. The maximum Gasteiger partial charge on any atom is 0.102 e. The molecule has 4 rings (SSSR count). The second-order valence-corrected chi connectivity index (χ2v) is 10.0. The first-order chi connectivity index (χ1) is 12.7. The van der Waals surface area contributed by atoms with E-state index in [9.17, 15) is 0 Å². The van der Waals surface area contributed by atoms with E-state index in [-0.39, 0.29) is 0 Å². The van der Waals surface area contributed by atoms with Crippen LogP contribution in [0.15, 0.2) is 72.9 Å². The Kier molecular flexibility index (Phi) is 5.68. The molecule has 0 bridgehead atoms. The molecular weight excluding hydrogens is 450 g/mol. The molecule has 0 spiro atoms. The fraction of sp³-hybridized carbons (Fsp3) is 0.227. The van der Waals surface area contributed by atoms with Crippen LogP contribution in [0.5, 0.6) is 0 Å². The summed E-state index contributed by atoms with van der Waals surface area (Å²) in [7, 11) is 1.65. The van der Waals surface area contributed by atoms with Crippen molar-refractivity contribution in [3.63, 3.8) is 0 Å². The molecule has 0 amide bonds. The van der Waals surface area contributed by atoms with Crippen molar-refractivity contribution < 1.29 is 0 Å². The first-order valence-electron chi connectivity index (χ1n) is 9.00. The molecule has 1 atom stereocenters. The van der Waals surface area contributed by atoms with Gasteiger partial charge in [-0.15, -0.1) is 0 Å². The van der Waals surface area contributed by atoms with Crippen molar-refractivity contribution in [2.24, 2.45) is 0 Å². The van der Waals surface area contributed by atoms with E-state index in [1.54, 1.807) is 0 Å². The van der Waals surface area contributed by atoms with Gasteiger partial charge in [0.2, 0.25) is 0 Å². The van der Waals surface area contributed by atoms with Crippen LogP contribution in [0.3, 0.4) is 0 Å². The summed E-state index contributed by atoms with van der Waals surface area (Å²) < 4.78 is 1.07. The van der Waals surface area contributed by atoms with Crippen LogP contribution in [-0.2, 0) is 0 Å². The Morgan fingerprint density at radius 1 is 1.00 bits per heavy atom. The molecule has 0 N–H and O–H groups in total. The molecule has 0 unspecified atom stereocenters. The summed E-state index contributed by atoms with van der Waals surface area (Å²) in [6.45, 7) is 1.17. The predicted molar refractivity (Wildman–Crippen MR) is 120 cm³/mol. The molecule has 1 fully saturated rings. The molecule has 1 saturated heterocycles. The van der Waals surface area contributed by atoms with Crippen molar-refractivity contribution in [3.05, 3.63) is 82.2 Å². The molecule has 0 radical (unpaired) electrons. The molecule has 4 heteroatoms. The number of nitrogens with zero attached hydrogens (tertiary/aromatic N) is 2. The Balaban J connectivity index is 1.90. The average Bonchev–Trinajstić information content (AvgIpc) is 3.10. The van der Waals surface area contributed by atoms with Gasteiger partial charge in [-0.25, -0.2) is 4.98 Å². The van der Waals surface area contributed by atoms with Gasteiger partial charge in [0, 0.05) is 12.2 Å². The van der Waals surface area contributed by atoms with Gasteiger partial charge < -0.3 is 0 Å². The number of hydrogen-bond acceptors (Lipinski definition) is 2. The van der Waals surface area contributed by atoms with Gasteiger partial charge in [0.15, 0.2) is 0 Å². The summed E-state index contributed by atoms with van der Waals surface area (Å²) in [5.41, 5.74) is 1.41. The monoisotopic (exact) mass is 472 g/mol. The lowest BCUT2D eigenvalue weighted by atomic mass is 10.1. The topological polar surface area (TPSA) is 16.1 Å². The highest BCUT2D eigenvalue weighted by Crippen LogP contribution is 2.39. The van der Waals surface area contributed by atoms with Crippen molar-refractivity contribution in [2.45, 2.75) is 18.9 Å².